The number of hydrogen-bond acceptors (Lipinski definition) is 7. The van der Waals surface area contributed by atoms with Crippen molar-refractivity contribution >= 4 is 19.3 Å². The SMILES string of the molecule is COC(=O)c1ccc(NC(c2ccc(O)cc2)P(=O)(OC(C)C)OC(C)C)cc1. The molecule has 158 valence electrons. The summed E-state index contributed by atoms with van der Waals surface area (Å²) >= 11 is 0. The van der Waals surface area contributed by atoms with Gasteiger partial charge in [0.15, 0.2) is 5.78 Å². The van der Waals surface area contributed by atoms with Crippen molar-refractivity contribution in [1.82, 2.24) is 0 Å². The van der Waals surface area contributed by atoms with E-state index in [4.69, 9.17) is 13.8 Å². The molecule has 0 fully saturated rings. The molecule has 0 heterocycles. The minimum Gasteiger partial charge on any atom is -0.508 e. The van der Waals surface area contributed by atoms with Crippen molar-refractivity contribution < 1.29 is 28.3 Å². The smallest absolute Gasteiger partial charge is 0.357 e. The summed E-state index contributed by atoms with van der Waals surface area (Å²) in [6, 6.07) is 13.0. The molecule has 2 rings (SSSR count). The van der Waals surface area contributed by atoms with Gasteiger partial charge < -0.3 is 24.2 Å². The van der Waals surface area contributed by atoms with E-state index in [0.717, 1.165) is 0 Å². The summed E-state index contributed by atoms with van der Waals surface area (Å²) in [7, 11) is -2.35. The fourth-order valence-corrected chi connectivity index (χ4v) is 5.03. The van der Waals surface area contributed by atoms with Crippen LogP contribution in [0.5, 0.6) is 5.75 Å². The van der Waals surface area contributed by atoms with Crippen LogP contribution in [0.2, 0.25) is 0 Å². The quantitative estimate of drug-likeness (QED) is 0.417. The normalized spacial score (nSPS) is 12.8. The van der Waals surface area contributed by atoms with Gasteiger partial charge in [0.2, 0.25) is 0 Å². The zero-order chi connectivity index (χ0) is 21.6. The molecular formula is C21H28NO6P. The van der Waals surface area contributed by atoms with Crippen molar-refractivity contribution in [2.45, 2.75) is 45.7 Å². The Bertz CT molecular complexity index is 834. The first-order valence-corrected chi connectivity index (χ1v) is 11.0. The fraction of sp³-hybridized carbons (Fsp3) is 0.381. The van der Waals surface area contributed by atoms with Crippen LogP contribution in [0, 0.1) is 0 Å². The summed E-state index contributed by atoms with van der Waals surface area (Å²) in [5.41, 5.74) is 1.65. The molecule has 0 saturated heterocycles. The number of carbonyl (C=O) groups is 1. The maximum Gasteiger partial charge on any atom is 0.357 e. The van der Waals surface area contributed by atoms with E-state index >= 15 is 0 Å². The summed E-state index contributed by atoms with van der Waals surface area (Å²) in [6.45, 7) is 7.15. The molecule has 0 radical (unpaired) electrons. The highest BCUT2D eigenvalue weighted by Crippen LogP contribution is 2.62. The number of benzene rings is 2. The van der Waals surface area contributed by atoms with Crippen molar-refractivity contribution in [1.29, 1.82) is 0 Å². The lowest BCUT2D eigenvalue weighted by Gasteiger charge is -2.31. The lowest BCUT2D eigenvalue weighted by molar-refractivity contribution is 0.0600. The zero-order valence-electron chi connectivity index (χ0n) is 17.3. The van der Waals surface area contributed by atoms with E-state index in [2.05, 4.69) is 5.32 Å². The Morgan fingerprint density at radius 2 is 1.45 bits per heavy atom. The van der Waals surface area contributed by atoms with Crippen LogP contribution in [0.4, 0.5) is 5.69 Å². The molecule has 0 aliphatic rings. The molecule has 0 aromatic heterocycles. The number of methoxy groups -OCH3 is 1. The monoisotopic (exact) mass is 421 g/mol. The van der Waals surface area contributed by atoms with Crippen LogP contribution in [0.15, 0.2) is 48.5 Å². The van der Waals surface area contributed by atoms with Crippen molar-refractivity contribution in [2.24, 2.45) is 0 Å². The number of nitrogens with one attached hydrogen (secondary N) is 1. The van der Waals surface area contributed by atoms with Gasteiger partial charge in [-0.25, -0.2) is 4.79 Å². The summed E-state index contributed by atoms with van der Waals surface area (Å²) < 4.78 is 30.1. The van der Waals surface area contributed by atoms with Gasteiger partial charge in [0.05, 0.1) is 24.9 Å². The number of aromatic hydroxyl groups is 1. The summed E-state index contributed by atoms with van der Waals surface area (Å²) in [5.74, 6) is -1.17. The largest absolute Gasteiger partial charge is 0.508 e. The summed E-state index contributed by atoms with van der Waals surface area (Å²) in [4.78, 5) is 11.7. The molecule has 2 aromatic carbocycles. The van der Waals surface area contributed by atoms with Gasteiger partial charge in [0.1, 0.15) is 5.75 Å². The van der Waals surface area contributed by atoms with E-state index in [1.54, 1.807) is 64.1 Å². The first-order chi connectivity index (χ1) is 13.6. The Morgan fingerprint density at radius 1 is 0.931 bits per heavy atom. The number of phenols is 1. The predicted molar refractivity (Wildman–Crippen MR) is 112 cm³/mol. The zero-order valence-corrected chi connectivity index (χ0v) is 18.2. The van der Waals surface area contributed by atoms with Crippen molar-refractivity contribution in [2.75, 3.05) is 12.4 Å². The molecule has 0 aliphatic heterocycles. The van der Waals surface area contributed by atoms with Gasteiger partial charge in [0.25, 0.3) is 0 Å². The fourth-order valence-electron chi connectivity index (χ4n) is 2.71. The molecule has 1 atom stereocenters. The lowest BCUT2D eigenvalue weighted by Crippen LogP contribution is -2.19. The van der Waals surface area contributed by atoms with Gasteiger partial charge in [-0.1, -0.05) is 12.1 Å². The number of hydrogen-bond donors (Lipinski definition) is 2. The minimum absolute atomic E-state index is 0.0966. The average Bonchev–Trinajstić information content (AvgIpc) is 2.65. The third-order valence-corrected chi connectivity index (χ3v) is 6.34. The topological polar surface area (TPSA) is 94.1 Å². The Morgan fingerprint density at radius 3 is 1.90 bits per heavy atom. The number of ether oxygens (including phenoxy) is 1. The summed E-state index contributed by atoms with van der Waals surface area (Å²) in [5, 5.41) is 12.8. The Hall–Kier alpha value is -2.34. The number of phenolic OH excluding ortho intramolecular Hbond substituents is 1. The molecule has 0 aliphatic carbocycles. The predicted octanol–water partition coefficient (Wildman–Crippen LogP) is 5.33. The van der Waals surface area contributed by atoms with Gasteiger partial charge in [-0.2, -0.15) is 0 Å². The standard InChI is InChI=1S/C21H28NO6P/c1-14(2)27-29(25,28-15(3)4)20(16-8-12-19(23)13-9-16)22-18-10-6-17(7-11-18)21(24)26-5/h6-15,20,22-23H,1-5H3. The number of esters is 1. The molecule has 0 spiro atoms. The van der Waals surface area contributed by atoms with E-state index < -0.39 is 19.3 Å². The van der Waals surface area contributed by atoms with Crippen molar-refractivity contribution in [3.63, 3.8) is 0 Å². The highest BCUT2D eigenvalue weighted by Gasteiger charge is 2.39. The van der Waals surface area contributed by atoms with Crippen LogP contribution < -0.4 is 5.32 Å². The van der Waals surface area contributed by atoms with E-state index in [0.29, 0.717) is 16.8 Å². The molecular weight excluding hydrogens is 393 g/mol. The number of anilines is 1. The molecule has 0 saturated carbocycles. The van der Waals surface area contributed by atoms with E-state index in [-0.39, 0.29) is 18.0 Å². The lowest BCUT2D eigenvalue weighted by atomic mass is 10.2. The Labute approximate surface area is 171 Å². The highest BCUT2D eigenvalue weighted by molar-refractivity contribution is 7.54. The maximum atomic E-state index is 13.8. The molecule has 29 heavy (non-hydrogen) atoms. The average molecular weight is 421 g/mol. The van der Waals surface area contributed by atoms with Crippen LogP contribution in [0.25, 0.3) is 0 Å². The first-order valence-electron chi connectivity index (χ1n) is 9.35. The Balaban J connectivity index is 2.44. The third-order valence-electron chi connectivity index (χ3n) is 3.85. The van der Waals surface area contributed by atoms with Crippen LogP contribution in [0.1, 0.15) is 49.4 Å². The molecule has 2 N–H and O–H groups in total. The van der Waals surface area contributed by atoms with E-state index in [1.165, 1.54) is 19.2 Å². The molecule has 1 unspecified atom stereocenters. The van der Waals surface area contributed by atoms with Gasteiger partial charge in [-0.05, 0) is 69.7 Å². The van der Waals surface area contributed by atoms with Crippen molar-refractivity contribution in [3.8, 4) is 5.75 Å². The van der Waals surface area contributed by atoms with E-state index in [9.17, 15) is 14.5 Å². The second kappa shape index (κ2) is 9.92. The maximum absolute atomic E-state index is 13.8. The molecule has 2 aromatic rings. The van der Waals surface area contributed by atoms with Crippen LogP contribution in [0.3, 0.4) is 0 Å². The van der Waals surface area contributed by atoms with E-state index in [1.807, 2.05) is 0 Å². The van der Waals surface area contributed by atoms with Gasteiger partial charge in [-0.15, -0.1) is 0 Å². The van der Waals surface area contributed by atoms with Gasteiger partial charge >= 0.3 is 13.6 Å². The second-order valence-corrected chi connectivity index (χ2v) is 9.07. The molecule has 8 heteroatoms. The first kappa shape index (κ1) is 22.9. The third kappa shape index (κ3) is 6.32. The Kier molecular flexibility index (Phi) is 7.85. The van der Waals surface area contributed by atoms with Crippen molar-refractivity contribution in [3.05, 3.63) is 59.7 Å². The highest BCUT2D eigenvalue weighted by atomic mass is 31.2. The number of carbonyl (C=O) groups excluding carboxylic acids is 1. The molecule has 0 bridgehead atoms. The molecule has 7 nitrogen and oxygen atoms in total. The van der Waals surface area contributed by atoms with Gasteiger partial charge in [-0.3, -0.25) is 4.57 Å². The van der Waals surface area contributed by atoms with Gasteiger partial charge in [0, 0.05) is 5.69 Å². The molecule has 0 amide bonds. The summed E-state index contributed by atoms with van der Waals surface area (Å²) in [6.07, 6.45) is -0.662. The number of rotatable bonds is 9. The minimum atomic E-state index is -3.67. The van der Waals surface area contributed by atoms with Crippen LogP contribution in [-0.2, 0) is 18.3 Å². The van der Waals surface area contributed by atoms with Crippen LogP contribution >= 0.6 is 7.60 Å². The van der Waals surface area contributed by atoms with Crippen LogP contribution in [-0.4, -0.2) is 30.4 Å². The second-order valence-electron chi connectivity index (χ2n) is 7.06.